The molecular formula is C26H42BrN3O4. The lowest BCUT2D eigenvalue weighted by atomic mass is 9.93. The number of esters is 2. The third-order valence-corrected chi connectivity index (χ3v) is 7.16. The molecule has 1 aromatic carbocycles. The van der Waals surface area contributed by atoms with Crippen molar-refractivity contribution >= 4 is 33.6 Å². The Hall–Kier alpha value is -1.64. The van der Waals surface area contributed by atoms with Crippen molar-refractivity contribution in [3.8, 4) is 0 Å². The van der Waals surface area contributed by atoms with Gasteiger partial charge in [-0.25, -0.2) is 4.79 Å². The first-order valence-corrected chi connectivity index (χ1v) is 13.5. The number of carbonyl (C=O) groups is 2. The Morgan fingerprint density at radius 3 is 2.35 bits per heavy atom. The minimum absolute atomic E-state index is 0.281. The van der Waals surface area contributed by atoms with Crippen LogP contribution in [0.25, 0.3) is 0 Å². The van der Waals surface area contributed by atoms with Crippen molar-refractivity contribution in [3.63, 3.8) is 0 Å². The number of hydrogen-bond donors (Lipinski definition) is 1. The van der Waals surface area contributed by atoms with Gasteiger partial charge >= 0.3 is 11.9 Å². The molecule has 0 bridgehead atoms. The summed E-state index contributed by atoms with van der Waals surface area (Å²) in [7, 11) is 0. The average Bonchev–Trinajstić information content (AvgIpc) is 2.83. The maximum Gasteiger partial charge on any atom is 0.338 e. The van der Waals surface area contributed by atoms with Crippen LogP contribution in [0.4, 0.5) is 5.69 Å². The average molecular weight is 541 g/mol. The van der Waals surface area contributed by atoms with Gasteiger partial charge in [0.2, 0.25) is 0 Å². The highest BCUT2D eigenvalue weighted by Gasteiger charge is 2.22. The van der Waals surface area contributed by atoms with Gasteiger partial charge in [0.25, 0.3) is 0 Å². The fraction of sp³-hybridized carbons (Fsp3) is 0.692. The second-order valence-corrected chi connectivity index (χ2v) is 9.91. The number of nitrogen functional groups attached to an aromatic ring is 1. The number of halogens is 1. The zero-order valence-electron chi connectivity index (χ0n) is 21.1. The molecule has 1 aromatic rings. The van der Waals surface area contributed by atoms with E-state index in [9.17, 15) is 9.59 Å². The molecule has 0 unspecified atom stereocenters. The van der Waals surface area contributed by atoms with Gasteiger partial charge in [0.1, 0.15) is 13.2 Å². The Morgan fingerprint density at radius 2 is 1.74 bits per heavy atom. The zero-order valence-corrected chi connectivity index (χ0v) is 22.7. The van der Waals surface area contributed by atoms with Gasteiger partial charge < -0.3 is 15.2 Å². The van der Waals surface area contributed by atoms with E-state index in [1.807, 2.05) is 6.07 Å². The van der Waals surface area contributed by atoms with Gasteiger partial charge in [-0.3, -0.25) is 14.6 Å². The van der Waals surface area contributed by atoms with Gasteiger partial charge in [-0.15, -0.1) is 0 Å². The van der Waals surface area contributed by atoms with E-state index in [2.05, 4.69) is 39.6 Å². The summed E-state index contributed by atoms with van der Waals surface area (Å²) in [4.78, 5) is 28.5. The standard InChI is InChI=1S/C26H42BrN3O4/c1-4-6-12-29(13-15-33-20(3)31)14-16-34-26(32)21-17-22(25(28)24(27)18-21)19-30(5-2)23-10-8-7-9-11-23/h17-18,23H,4-16,19,28H2,1-3H3. The Morgan fingerprint density at radius 1 is 1.06 bits per heavy atom. The third kappa shape index (κ3) is 9.55. The van der Waals surface area contributed by atoms with Crippen molar-refractivity contribution in [3.05, 3.63) is 27.7 Å². The summed E-state index contributed by atoms with van der Waals surface area (Å²) >= 11 is 3.53. The predicted molar refractivity (Wildman–Crippen MR) is 140 cm³/mol. The molecule has 0 saturated heterocycles. The smallest absolute Gasteiger partial charge is 0.338 e. The largest absolute Gasteiger partial charge is 0.465 e. The van der Waals surface area contributed by atoms with E-state index in [1.165, 1.54) is 39.0 Å². The van der Waals surface area contributed by atoms with E-state index in [0.29, 0.717) is 37.0 Å². The number of benzene rings is 1. The summed E-state index contributed by atoms with van der Waals surface area (Å²) in [6.45, 7) is 10.1. The van der Waals surface area contributed by atoms with E-state index < -0.39 is 0 Å². The molecule has 0 atom stereocenters. The zero-order chi connectivity index (χ0) is 24.9. The lowest BCUT2D eigenvalue weighted by Gasteiger charge is -2.34. The summed E-state index contributed by atoms with van der Waals surface area (Å²) in [6.07, 6.45) is 8.44. The van der Waals surface area contributed by atoms with Crippen molar-refractivity contribution in [1.82, 2.24) is 9.80 Å². The molecule has 1 fully saturated rings. The minimum Gasteiger partial charge on any atom is -0.465 e. The maximum atomic E-state index is 12.8. The molecule has 0 spiro atoms. The quantitative estimate of drug-likeness (QED) is 0.262. The molecule has 1 saturated carbocycles. The van der Waals surface area contributed by atoms with Crippen LogP contribution in [0.3, 0.4) is 0 Å². The normalized spacial score (nSPS) is 14.5. The molecule has 0 radical (unpaired) electrons. The highest BCUT2D eigenvalue weighted by atomic mass is 79.9. The molecule has 7 nitrogen and oxygen atoms in total. The molecule has 0 aliphatic heterocycles. The van der Waals surface area contributed by atoms with Crippen LogP contribution in [0.5, 0.6) is 0 Å². The van der Waals surface area contributed by atoms with Crippen molar-refractivity contribution in [2.45, 2.75) is 78.3 Å². The Labute approximate surface area is 213 Å². The molecular weight excluding hydrogens is 498 g/mol. The summed E-state index contributed by atoms with van der Waals surface area (Å²) < 4.78 is 11.4. The van der Waals surface area contributed by atoms with Gasteiger partial charge in [0.15, 0.2) is 0 Å². The van der Waals surface area contributed by atoms with Gasteiger partial charge in [0.05, 0.1) is 11.3 Å². The first kappa shape index (κ1) is 28.6. The summed E-state index contributed by atoms with van der Waals surface area (Å²) in [5.74, 6) is -0.630. The minimum atomic E-state index is -0.349. The lowest BCUT2D eigenvalue weighted by molar-refractivity contribution is -0.141. The molecule has 0 aromatic heterocycles. The molecule has 1 aliphatic carbocycles. The SMILES string of the molecule is CCCCN(CCOC(C)=O)CCOC(=O)c1cc(Br)c(N)c(CN(CC)C2CCCCC2)c1. The van der Waals surface area contributed by atoms with E-state index >= 15 is 0 Å². The second kappa shape index (κ2) is 15.4. The maximum absolute atomic E-state index is 12.8. The molecule has 2 N–H and O–H groups in total. The monoisotopic (exact) mass is 539 g/mol. The fourth-order valence-corrected chi connectivity index (χ4v) is 4.98. The first-order chi connectivity index (χ1) is 16.3. The molecule has 2 rings (SSSR count). The molecule has 8 heteroatoms. The number of nitrogens with two attached hydrogens (primary N) is 1. The van der Waals surface area contributed by atoms with Crippen LogP contribution in [-0.2, 0) is 20.8 Å². The summed E-state index contributed by atoms with van der Waals surface area (Å²) in [5.41, 5.74) is 8.52. The predicted octanol–water partition coefficient (Wildman–Crippen LogP) is 5.01. The lowest BCUT2D eigenvalue weighted by Crippen LogP contribution is -2.36. The number of rotatable bonds is 14. The van der Waals surface area contributed by atoms with Crippen molar-refractivity contribution < 1.29 is 19.1 Å². The van der Waals surface area contributed by atoms with Crippen molar-refractivity contribution in [1.29, 1.82) is 0 Å². The molecule has 192 valence electrons. The van der Waals surface area contributed by atoms with Gasteiger partial charge in [-0.2, -0.15) is 0 Å². The number of unbranched alkanes of at least 4 members (excludes halogenated alkanes) is 1. The second-order valence-electron chi connectivity index (χ2n) is 9.06. The number of nitrogens with zero attached hydrogens (tertiary/aromatic N) is 2. The van der Waals surface area contributed by atoms with Crippen molar-refractivity contribution in [2.75, 3.05) is 45.1 Å². The number of carbonyl (C=O) groups excluding carboxylic acids is 2. The van der Waals surface area contributed by atoms with Gasteiger partial charge in [0, 0.05) is 37.1 Å². The van der Waals surface area contributed by atoms with Crippen molar-refractivity contribution in [2.24, 2.45) is 0 Å². The van der Waals surface area contributed by atoms with Crippen LogP contribution in [0.2, 0.25) is 0 Å². The van der Waals surface area contributed by atoms with Crippen LogP contribution < -0.4 is 5.73 Å². The summed E-state index contributed by atoms with van der Waals surface area (Å²) in [6, 6.07) is 4.20. The van der Waals surface area contributed by atoms with Gasteiger partial charge in [-0.1, -0.05) is 39.5 Å². The van der Waals surface area contributed by atoms with Crippen LogP contribution in [0.15, 0.2) is 16.6 Å². The number of anilines is 1. The van der Waals surface area contributed by atoms with Crippen LogP contribution in [0.1, 0.15) is 81.6 Å². The van der Waals surface area contributed by atoms with E-state index in [-0.39, 0.29) is 18.5 Å². The number of ether oxygens (including phenoxy) is 2. The van der Waals surface area contributed by atoms with E-state index in [1.54, 1.807) is 6.07 Å². The molecule has 1 aliphatic rings. The highest BCUT2D eigenvalue weighted by molar-refractivity contribution is 9.10. The third-order valence-electron chi connectivity index (χ3n) is 6.50. The van der Waals surface area contributed by atoms with Crippen LogP contribution in [0, 0.1) is 0 Å². The van der Waals surface area contributed by atoms with Crippen LogP contribution in [-0.4, -0.2) is 67.2 Å². The Bertz CT molecular complexity index is 784. The first-order valence-electron chi connectivity index (χ1n) is 12.7. The van der Waals surface area contributed by atoms with Gasteiger partial charge in [-0.05, 0) is 66.0 Å². The highest BCUT2D eigenvalue weighted by Crippen LogP contribution is 2.30. The summed E-state index contributed by atoms with van der Waals surface area (Å²) in [5, 5.41) is 0. The molecule has 34 heavy (non-hydrogen) atoms. The van der Waals surface area contributed by atoms with E-state index in [0.717, 1.165) is 42.5 Å². The molecule has 0 heterocycles. The topological polar surface area (TPSA) is 85.1 Å². The Balaban J connectivity index is 1.97. The van der Waals surface area contributed by atoms with E-state index in [4.69, 9.17) is 15.2 Å². The van der Waals surface area contributed by atoms with Crippen LogP contribution >= 0.6 is 15.9 Å². The Kier molecular flexibility index (Phi) is 12.9. The number of hydrogen-bond acceptors (Lipinski definition) is 7. The molecule has 0 amide bonds. The fourth-order valence-electron chi connectivity index (χ4n) is 4.47.